The zero-order chi connectivity index (χ0) is 24.5. The number of anilines is 1. The maximum Gasteiger partial charge on any atom is 0.262 e. The molecule has 0 radical (unpaired) electrons. The van der Waals surface area contributed by atoms with E-state index >= 15 is 0 Å². The second kappa shape index (κ2) is 9.38. The van der Waals surface area contributed by atoms with Crippen LogP contribution in [0.2, 0.25) is 0 Å². The molecule has 178 valence electrons. The number of rotatable bonds is 6. The van der Waals surface area contributed by atoms with Crippen molar-refractivity contribution in [3.05, 3.63) is 82.4 Å². The van der Waals surface area contributed by atoms with E-state index in [9.17, 15) is 13.2 Å². The molecule has 0 saturated heterocycles. The topological polar surface area (TPSA) is 93.7 Å². The van der Waals surface area contributed by atoms with E-state index in [0.717, 1.165) is 16.7 Å². The van der Waals surface area contributed by atoms with Crippen molar-refractivity contribution in [2.45, 2.75) is 38.6 Å². The van der Waals surface area contributed by atoms with Crippen molar-refractivity contribution >= 4 is 21.6 Å². The van der Waals surface area contributed by atoms with E-state index in [0.29, 0.717) is 36.0 Å². The molecule has 1 heterocycles. The summed E-state index contributed by atoms with van der Waals surface area (Å²) in [5.41, 5.74) is 3.94. The van der Waals surface area contributed by atoms with Crippen molar-refractivity contribution in [2.24, 2.45) is 0 Å². The van der Waals surface area contributed by atoms with Crippen LogP contribution in [-0.4, -0.2) is 27.5 Å². The van der Waals surface area contributed by atoms with Gasteiger partial charge in [0.05, 0.1) is 16.6 Å². The predicted octanol–water partition coefficient (Wildman–Crippen LogP) is 4.67. The molecule has 1 aliphatic heterocycles. The lowest BCUT2D eigenvalue weighted by Crippen LogP contribution is -2.27. The van der Waals surface area contributed by atoms with Gasteiger partial charge in [-0.3, -0.25) is 9.52 Å². The summed E-state index contributed by atoms with van der Waals surface area (Å²) >= 11 is 0. The SMILES string of the molecule is Cc1ccc(C)c(NS(=O)(=O)c2cc(C(=O)N[C@H](C)c3ccc4c(c3)OCCO4)ccc2C)c1. The smallest absolute Gasteiger partial charge is 0.262 e. The zero-order valence-electron chi connectivity index (χ0n) is 19.6. The quantitative estimate of drug-likeness (QED) is 0.535. The third-order valence-corrected chi connectivity index (χ3v) is 7.30. The van der Waals surface area contributed by atoms with Gasteiger partial charge < -0.3 is 14.8 Å². The fourth-order valence-corrected chi connectivity index (χ4v) is 5.16. The largest absolute Gasteiger partial charge is 0.486 e. The summed E-state index contributed by atoms with van der Waals surface area (Å²) < 4.78 is 40.2. The highest BCUT2D eigenvalue weighted by Gasteiger charge is 2.22. The summed E-state index contributed by atoms with van der Waals surface area (Å²) in [5, 5.41) is 2.93. The first-order valence-corrected chi connectivity index (χ1v) is 12.5. The monoisotopic (exact) mass is 480 g/mol. The average Bonchev–Trinajstić information content (AvgIpc) is 2.81. The fraction of sp³-hybridized carbons (Fsp3) is 0.269. The highest BCUT2D eigenvalue weighted by Crippen LogP contribution is 2.32. The number of sulfonamides is 1. The van der Waals surface area contributed by atoms with E-state index in [1.807, 2.05) is 51.1 Å². The molecule has 2 N–H and O–H groups in total. The first-order valence-electron chi connectivity index (χ1n) is 11.1. The minimum absolute atomic E-state index is 0.0630. The Morgan fingerprint density at radius 3 is 2.35 bits per heavy atom. The number of benzene rings is 3. The molecule has 0 aromatic heterocycles. The molecule has 4 rings (SSSR count). The summed E-state index contributed by atoms with van der Waals surface area (Å²) in [6.07, 6.45) is 0. The molecule has 3 aromatic rings. The number of hydrogen-bond donors (Lipinski definition) is 2. The first kappa shape index (κ1) is 23.6. The summed E-state index contributed by atoms with van der Waals surface area (Å²) in [6.45, 7) is 8.29. The lowest BCUT2D eigenvalue weighted by molar-refractivity contribution is 0.0939. The number of fused-ring (bicyclic) bond motifs is 1. The standard InChI is InChI=1S/C26H28N2O5S/c1-16-5-6-17(2)22(13-16)28-34(30,31)25-15-21(8-7-18(25)3)26(29)27-19(4)20-9-10-23-24(14-20)33-12-11-32-23/h5-10,13-15,19,28H,11-12H2,1-4H3,(H,27,29)/t19-/m1/s1. The third kappa shape index (κ3) is 5.02. The molecule has 0 bridgehead atoms. The molecular formula is C26H28N2O5S. The van der Waals surface area contributed by atoms with Crippen LogP contribution < -0.4 is 19.5 Å². The minimum Gasteiger partial charge on any atom is -0.486 e. The second-order valence-corrected chi connectivity index (χ2v) is 10.2. The molecular weight excluding hydrogens is 452 g/mol. The van der Waals surface area contributed by atoms with Crippen molar-refractivity contribution in [3.8, 4) is 11.5 Å². The van der Waals surface area contributed by atoms with E-state index in [1.165, 1.54) is 6.07 Å². The third-order valence-electron chi connectivity index (χ3n) is 5.79. The minimum atomic E-state index is -3.89. The summed E-state index contributed by atoms with van der Waals surface area (Å²) in [6, 6.07) is 15.5. The van der Waals surface area contributed by atoms with E-state index in [4.69, 9.17) is 9.47 Å². The van der Waals surface area contributed by atoms with Gasteiger partial charge in [0.2, 0.25) is 0 Å². The van der Waals surface area contributed by atoms with Crippen molar-refractivity contribution in [1.29, 1.82) is 0 Å². The van der Waals surface area contributed by atoms with Crippen LogP contribution >= 0.6 is 0 Å². The van der Waals surface area contributed by atoms with Gasteiger partial charge in [0.25, 0.3) is 15.9 Å². The van der Waals surface area contributed by atoms with Crippen LogP contribution in [0.1, 0.15) is 45.6 Å². The Morgan fingerprint density at radius 2 is 1.59 bits per heavy atom. The van der Waals surface area contributed by atoms with Gasteiger partial charge in [0.1, 0.15) is 13.2 Å². The number of hydrogen-bond acceptors (Lipinski definition) is 5. The molecule has 8 heteroatoms. The molecule has 0 unspecified atom stereocenters. The molecule has 0 saturated carbocycles. The molecule has 1 amide bonds. The van der Waals surface area contributed by atoms with Gasteiger partial charge >= 0.3 is 0 Å². The summed E-state index contributed by atoms with van der Waals surface area (Å²) in [4.78, 5) is 13.0. The number of ether oxygens (including phenoxy) is 2. The Hall–Kier alpha value is -3.52. The Kier molecular flexibility index (Phi) is 6.52. The zero-order valence-corrected chi connectivity index (χ0v) is 20.5. The van der Waals surface area contributed by atoms with Gasteiger partial charge in [-0.05, 0) is 80.3 Å². The second-order valence-electron chi connectivity index (χ2n) is 8.50. The Balaban J connectivity index is 1.55. The molecule has 7 nitrogen and oxygen atoms in total. The van der Waals surface area contributed by atoms with Crippen LogP contribution in [0, 0.1) is 20.8 Å². The van der Waals surface area contributed by atoms with Crippen molar-refractivity contribution in [2.75, 3.05) is 17.9 Å². The van der Waals surface area contributed by atoms with E-state index in [-0.39, 0.29) is 22.4 Å². The van der Waals surface area contributed by atoms with Crippen molar-refractivity contribution in [1.82, 2.24) is 5.32 Å². The first-order chi connectivity index (χ1) is 16.1. The Morgan fingerprint density at radius 1 is 0.882 bits per heavy atom. The maximum absolute atomic E-state index is 13.2. The van der Waals surface area contributed by atoms with Crippen molar-refractivity contribution in [3.63, 3.8) is 0 Å². The molecule has 3 aromatic carbocycles. The van der Waals surface area contributed by atoms with Crippen LogP contribution in [0.4, 0.5) is 5.69 Å². The van der Waals surface area contributed by atoms with Gasteiger partial charge in [0, 0.05) is 5.56 Å². The van der Waals surface area contributed by atoms with Crippen LogP contribution in [0.5, 0.6) is 11.5 Å². The fourth-order valence-electron chi connectivity index (χ4n) is 3.77. The van der Waals surface area contributed by atoms with Gasteiger partial charge in [-0.1, -0.05) is 24.3 Å². The van der Waals surface area contributed by atoms with E-state index in [1.54, 1.807) is 25.1 Å². The number of amides is 1. The molecule has 0 spiro atoms. The maximum atomic E-state index is 13.2. The summed E-state index contributed by atoms with van der Waals surface area (Å²) in [5.74, 6) is 0.954. The van der Waals surface area contributed by atoms with Gasteiger partial charge in [-0.2, -0.15) is 0 Å². The van der Waals surface area contributed by atoms with Crippen molar-refractivity contribution < 1.29 is 22.7 Å². The Bertz CT molecular complexity index is 1350. The Labute approximate surface area is 200 Å². The van der Waals surface area contributed by atoms with Gasteiger partial charge in [0.15, 0.2) is 11.5 Å². The normalized spacial score (nSPS) is 13.8. The highest BCUT2D eigenvalue weighted by atomic mass is 32.2. The van der Waals surface area contributed by atoms with Gasteiger partial charge in [-0.25, -0.2) is 8.42 Å². The number of aryl methyl sites for hydroxylation is 3. The molecule has 0 fully saturated rings. The lowest BCUT2D eigenvalue weighted by Gasteiger charge is -2.21. The molecule has 1 aliphatic rings. The van der Waals surface area contributed by atoms with E-state index in [2.05, 4.69) is 10.0 Å². The molecule has 34 heavy (non-hydrogen) atoms. The van der Waals surface area contributed by atoms with Crippen LogP contribution in [0.25, 0.3) is 0 Å². The average molecular weight is 481 g/mol. The number of carbonyl (C=O) groups excluding carboxylic acids is 1. The van der Waals surface area contributed by atoms with Crippen LogP contribution in [0.3, 0.4) is 0 Å². The molecule has 0 aliphatic carbocycles. The van der Waals surface area contributed by atoms with Gasteiger partial charge in [-0.15, -0.1) is 0 Å². The predicted molar refractivity (Wildman–Crippen MR) is 131 cm³/mol. The number of carbonyl (C=O) groups is 1. The highest BCUT2D eigenvalue weighted by molar-refractivity contribution is 7.92. The van der Waals surface area contributed by atoms with Crippen LogP contribution in [-0.2, 0) is 10.0 Å². The summed E-state index contributed by atoms with van der Waals surface area (Å²) in [7, 11) is -3.89. The molecule has 1 atom stereocenters. The number of nitrogens with one attached hydrogen (secondary N) is 2. The van der Waals surface area contributed by atoms with E-state index < -0.39 is 10.0 Å². The lowest BCUT2D eigenvalue weighted by atomic mass is 10.1. The van der Waals surface area contributed by atoms with Crippen LogP contribution in [0.15, 0.2) is 59.5 Å².